The van der Waals surface area contributed by atoms with Crippen molar-refractivity contribution in [2.45, 2.75) is 111 Å². The number of hydrogen-bond donors (Lipinski definition) is 3. The molecule has 4 unspecified atom stereocenters. The Balaban J connectivity index is 1.73. The van der Waals surface area contributed by atoms with Crippen molar-refractivity contribution in [2.75, 3.05) is 0 Å². The Morgan fingerprint density at radius 3 is 2.36 bits per heavy atom. The third kappa shape index (κ3) is 4.42. The SMILES string of the molecule is CC(C)=CC1Oc2c(O)c(C(C)C)cc3ccc(C)c(c23)C1C1C(C(C)C)=C(O)C(=O)c2c1ccc1c2C(O)CCC1(C)C. The van der Waals surface area contributed by atoms with E-state index < -0.39 is 23.9 Å². The number of ether oxygens (including phenoxy) is 1. The summed E-state index contributed by atoms with van der Waals surface area (Å²) in [5, 5.41) is 36.6. The van der Waals surface area contributed by atoms with E-state index in [9.17, 15) is 20.1 Å². The Hall–Kier alpha value is -3.57. The minimum absolute atomic E-state index is 0.106. The van der Waals surface area contributed by atoms with Crippen LogP contribution in [0.2, 0.25) is 0 Å². The summed E-state index contributed by atoms with van der Waals surface area (Å²) in [5.41, 5.74) is 7.43. The van der Waals surface area contributed by atoms with E-state index in [-0.39, 0.29) is 34.7 Å². The van der Waals surface area contributed by atoms with E-state index in [0.717, 1.165) is 50.6 Å². The first kappa shape index (κ1) is 30.5. The highest BCUT2D eigenvalue weighted by Gasteiger charge is 2.48. The van der Waals surface area contributed by atoms with Gasteiger partial charge in [0.1, 0.15) is 6.10 Å². The molecule has 6 rings (SSSR count). The first-order valence-electron chi connectivity index (χ1n) is 16.1. The third-order valence-electron chi connectivity index (χ3n) is 10.3. The van der Waals surface area contributed by atoms with Gasteiger partial charge in [-0.2, -0.15) is 0 Å². The van der Waals surface area contributed by atoms with Crippen LogP contribution in [0.1, 0.15) is 136 Å². The van der Waals surface area contributed by atoms with Gasteiger partial charge >= 0.3 is 0 Å². The fourth-order valence-electron chi connectivity index (χ4n) is 8.23. The summed E-state index contributed by atoms with van der Waals surface area (Å²) >= 11 is 0. The smallest absolute Gasteiger partial charge is 0.227 e. The van der Waals surface area contributed by atoms with E-state index >= 15 is 0 Å². The van der Waals surface area contributed by atoms with Crippen molar-refractivity contribution in [3.8, 4) is 11.5 Å². The highest BCUT2D eigenvalue weighted by atomic mass is 16.5. The second kappa shape index (κ2) is 10.5. The van der Waals surface area contributed by atoms with E-state index in [1.165, 1.54) is 0 Å². The van der Waals surface area contributed by atoms with Gasteiger partial charge in [-0.25, -0.2) is 0 Å². The van der Waals surface area contributed by atoms with Crippen LogP contribution in [0.4, 0.5) is 0 Å². The molecule has 0 bridgehead atoms. The summed E-state index contributed by atoms with van der Waals surface area (Å²) in [6.45, 7) is 18.7. The summed E-state index contributed by atoms with van der Waals surface area (Å²) in [6, 6.07) is 10.4. The van der Waals surface area contributed by atoms with Crippen LogP contribution in [0, 0.1) is 12.8 Å². The van der Waals surface area contributed by atoms with Gasteiger partial charge in [-0.05, 0) is 102 Å². The maximum atomic E-state index is 14.2. The standard InChI is InChI=1S/C39H46O5/c1-18(2)16-27-34(29-21(7)10-11-22-17-24(19(3)4)35(41)38(44-27)30(22)29)31-23-12-13-25-33(26(40)14-15-39(25,8)9)32(23)37(43)36(42)28(31)20(5)6/h10-13,16-17,19-20,26-27,31,34,40-42H,14-15H2,1-9H3. The zero-order chi connectivity index (χ0) is 32.0. The average Bonchev–Trinajstić information content (AvgIpc) is 2.94. The number of phenolic OH excluding ortho intramolecular Hbond substituents is 1. The molecule has 1 heterocycles. The number of aliphatic hydroxyl groups is 2. The van der Waals surface area contributed by atoms with Crippen molar-refractivity contribution in [1.82, 2.24) is 0 Å². The minimum atomic E-state index is -0.778. The molecular formula is C39H46O5. The molecule has 0 saturated carbocycles. The highest BCUT2D eigenvalue weighted by molar-refractivity contribution is 6.12. The van der Waals surface area contributed by atoms with Crippen molar-refractivity contribution in [3.63, 3.8) is 0 Å². The third-order valence-corrected chi connectivity index (χ3v) is 10.3. The normalized spacial score (nSPS) is 24.0. The number of ketones is 1. The average molecular weight is 595 g/mol. The number of aryl methyl sites for hydroxylation is 1. The number of rotatable bonds is 4. The zero-order valence-electron chi connectivity index (χ0n) is 27.5. The summed E-state index contributed by atoms with van der Waals surface area (Å²) < 4.78 is 6.86. The number of carbonyl (C=O) groups is 1. The van der Waals surface area contributed by atoms with Crippen LogP contribution in [0.5, 0.6) is 11.5 Å². The van der Waals surface area contributed by atoms with Crippen LogP contribution >= 0.6 is 0 Å². The molecule has 44 heavy (non-hydrogen) atoms. The van der Waals surface area contributed by atoms with Gasteiger partial charge in [-0.15, -0.1) is 0 Å². The second-order valence-electron chi connectivity index (χ2n) is 14.7. The Kier molecular flexibility index (Phi) is 7.28. The molecule has 5 nitrogen and oxygen atoms in total. The molecule has 3 aromatic rings. The molecule has 3 N–H and O–H groups in total. The maximum Gasteiger partial charge on any atom is 0.227 e. The van der Waals surface area contributed by atoms with E-state index in [1.807, 2.05) is 27.7 Å². The Morgan fingerprint density at radius 2 is 1.73 bits per heavy atom. The Bertz CT molecular complexity index is 1770. The van der Waals surface area contributed by atoms with Crippen LogP contribution in [0.3, 0.4) is 0 Å². The minimum Gasteiger partial charge on any atom is -0.504 e. The number of allylic oxidation sites excluding steroid dienone is 3. The van der Waals surface area contributed by atoms with Gasteiger partial charge in [0.15, 0.2) is 17.3 Å². The molecule has 4 atom stereocenters. The molecule has 3 aromatic carbocycles. The van der Waals surface area contributed by atoms with E-state index in [1.54, 1.807) is 0 Å². The van der Waals surface area contributed by atoms with Crippen molar-refractivity contribution in [1.29, 1.82) is 0 Å². The number of carbonyl (C=O) groups excluding carboxylic acids is 1. The molecule has 0 fully saturated rings. The second-order valence-corrected chi connectivity index (χ2v) is 14.7. The summed E-state index contributed by atoms with van der Waals surface area (Å²) in [4.78, 5) is 14.2. The van der Waals surface area contributed by atoms with Crippen LogP contribution in [0.25, 0.3) is 10.8 Å². The molecule has 0 radical (unpaired) electrons. The van der Waals surface area contributed by atoms with E-state index in [4.69, 9.17) is 4.74 Å². The van der Waals surface area contributed by atoms with Crippen LogP contribution in [0.15, 0.2) is 53.3 Å². The first-order valence-corrected chi connectivity index (χ1v) is 16.1. The Morgan fingerprint density at radius 1 is 1.02 bits per heavy atom. The lowest BCUT2D eigenvalue weighted by molar-refractivity contribution is 0.0942. The molecule has 0 aromatic heterocycles. The summed E-state index contributed by atoms with van der Waals surface area (Å²) in [6.07, 6.45) is 2.23. The molecule has 3 aliphatic rings. The van der Waals surface area contributed by atoms with Crippen molar-refractivity contribution < 1.29 is 24.9 Å². The van der Waals surface area contributed by atoms with Gasteiger partial charge in [-0.1, -0.05) is 71.4 Å². The molecule has 2 aliphatic carbocycles. The first-order chi connectivity index (χ1) is 20.7. The lowest BCUT2D eigenvalue weighted by atomic mass is 9.62. The molecule has 0 amide bonds. The molecular weight excluding hydrogens is 548 g/mol. The molecule has 5 heteroatoms. The van der Waals surface area contributed by atoms with Gasteiger partial charge in [0.2, 0.25) is 5.78 Å². The van der Waals surface area contributed by atoms with Crippen LogP contribution in [-0.2, 0) is 5.41 Å². The van der Waals surface area contributed by atoms with Gasteiger partial charge < -0.3 is 20.1 Å². The molecule has 0 spiro atoms. The number of phenols is 1. The number of Topliss-reactive ketones (excluding diaryl/α,β-unsaturated/α-hetero) is 1. The number of aliphatic hydroxyl groups excluding tert-OH is 2. The van der Waals surface area contributed by atoms with Crippen LogP contribution < -0.4 is 4.74 Å². The number of benzene rings is 3. The summed E-state index contributed by atoms with van der Waals surface area (Å²) in [7, 11) is 0. The van der Waals surface area contributed by atoms with E-state index in [0.29, 0.717) is 28.9 Å². The Labute approximate surface area is 261 Å². The number of aromatic hydroxyl groups is 1. The predicted octanol–water partition coefficient (Wildman–Crippen LogP) is 9.34. The van der Waals surface area contributed by atoms with Gasteiger partial charge in [0, 0.05) is 28.3 Å². The fourth-order valence-corrected chi connectivity index (χ4v) is 8.23. The lowest BCUT2D eigenvalue weighted by Gasteiger charge is -2.44. The number of hydrogen-bond acceptors (Lipinski definition) is 5. The van der Waals surface area contributed by atoms with Gasteiger partial charge in [0.05, 0.1) is 6.10 Å². The number of fused-ring (bicyclic) bond motifs is 3. The van der Waals surface area contributed by atoms with Crippen molar-refractivity contribution >= 4 is 16.6 Å². The van der Waals surface area contributed by atoms with Gasteiger partial charge in [-0.3, -0.25) is 4.79 Å². The quantitative estimate of drug-likeness (QED) is 0.262. The lowest BCUT2D eigenvalue weighted by Crippen LogP contribution is -2.38. The monoisotopic (exact) mass is 594 g/mol. The molecule has 0 saturated heterocycles. The molecule has 232 valence electrons. The highest BCUT2D eigenvalue weighted by Crippen LogP contribution is 2.58. The topological polar surface area (TPSA) is 87.0 Å². The fraction of sp³-hybridized carbons (Fsp3) is 0.462. The zero-order valence-corrected chi connectivity index (χ0v) is 27.5. The molecule has 1 aliphatic heterocycles. The van der Waals surface area contributed by atoms with Gasteiger partial charge in [0.25, 0.3) is 0 Å². The summed E-state index contributed by atoms with van der Waals surface area (Å²) in [5.74, 6) is -0.666. The largest absolute Gasteiger partial charge is 0.504 e. The van der Waals surface area contributed by atoms with E-state index in [2.05, 4.69) is 71.0 Å². The van der Waals surface area contributed by atoms with Crippen molar-refractivity contribution in [3.05, 3.63) is 92.3 Å². The predicted molar refractivity (Wildman–Crippen MR) is 176 cm³/mol. The van der Waals surface area contributed by atoms with Crippen LogP contribution in [-0.4, -0.2) is 27.2 Å². The maximum absolute atomic E-state index is 14.2. The van der Waals surface area contributed by atoms with Crippen molar-refractivity contribution in [2.24, 2.45) is 5.92 Å².